The minimum atomic E-state index is 0. The molecule has 104 valence electrons. The molecule has 0 fully saturated rings. The molecule has 0 saturated carbocycles. The zero-order valence-electron chi connectivity index (χ0n) is 12.2. The fraction of sp³-hybridized carbons (Fsp3) is 0.933. The van der Waals surface area contributed by atoms with Crippen LogP contribution in [-0.4, -0.2) is 5.78 Å². The maximum Gasteiger partial charge on any atom is 0.139 e. The van der Waals surface area contributed by atoms with Crippen molar-refractivity contribution >= 4 is 5.78 Å². The summed E-state index contributed by atoms with van der Waals surface area (Å²) in [5.41, 5.74) is 0.0213. The molecule has 0 N–H and O–H groups in total. The second kappa shape index (κ2) is 10.7. The van der Waals surface area contributed by atoms with Crippen LogP contribution < -0.4 is 0 Å². The molecule has 1 nitrogen and oxygen atoms in total. The van der Waals surface area contributed by atoms with Crippen LogP contribution in [0.15, 0.2) is 0 Å². The highest BCUT2D eigenvalue weighted by Gasteiger charge is 2.34. The fourth-order valence-electron chi connectivity index (χ4n) is 2.83. The van der Waals surface area contributed by atoms with E-state index in [9.17, 15) is 4.79 Å². The number of ketones is 1. The Balaban J connectivity index is 0. The molecular weight excluding hydrogens is 215 g/mol. The van der Waals surface area contributed by atoms with E-state index in [1.807, 2.05) is 0 Å². The summed E-state index contributed by atoms with van der Waals surface area (Å²) >= 11 is 0. The van der Waals surface area contributed by atoms with Crippen LogP contribution in [0.3, 0.4) is 0 Å². The van der Waals surface area contributed by atoms with E-state index in [4.69, 9.17) is 0 Å². The van der Waals surface area contributed by atoms with Gasteiger partial charge in [0.2, 0.25) is 0 Å². The normalized spacial score (nSPS) is 11.1. The number of hydrogen-bond acceptors (Lipinski definition) is 1. The van der Waals surface area contributed by atoms with Gasteiger partial charge < -0.3 is 0 Å². The molecule has 0 unspecified atom stereocenters. The Kier molecular flexibility index (Phi) is 12.0. The topological polar surface area (TPSA) is 17.1 Å². The van der Waals surface area contributed by atoms with Crippen LogP contribution in [-0.2, 0) is 4.79 Å². The molecular formula is C15H31FO. The standard InChI is InChI=1S/C15H30O.FH/c1-5-9-10-14(16)15(11-6-2,12-7-3)13-8-4;/h5-13H2,1-4H3;1H. The summed E-state index contributed by atoms with van der Waals surface area (Å²) in [7, 11) is 0. The summed E-state index contributed by atoms with van der Waals surface area (Å²) in [5.74, 6) is 0.542. The molecule has 0 bridgehead atoms. The minimum Gasteiger partial charge on any atom is -0.299 e. The third-order valence-corrected chi connectivity index (χ3v) is 3.53. The third-order valence-electron chi connectivity index (χ3n) is 3.53. The van der Waals surface area contributed by atoms with Crippen LogP contribution in [0.5, 0.6) is 0 Å². The summed E-state index contributed by atoms with van der Waals surface area (Å²) < 4.78 is 0. The van der Waals surface area contributed by atoms with Crippen LogP contribution in [0, 0.1) is 5.41 Å². The van der Waals surface area contributed by atoms with Gasteiger partial charge in [0, 0.05) is 11.8 Å². The molecule has 0 aromatic rings. The molecule has 0 spiro atoms. The molecule has 0 aliphatic carbocycles. The second-order valence-electron chi connectivity index (χ2n) is 5.06. The number of carbonyl (C=O) groups excluding carboxylic acids is 1. The Morgan fingerprint density at radius 2 is 1.24 bits per heavy atom. The number of Topliss-reactive ketones (excluding diaryl/α,β-unsaturated/α-hetero) is 1. The van der Waals surface area contributed by atoms with Crippen molar-refractivity contribution in [2.24, 2.45) is 5.41 Å². The smallest absolute Gasteiger partial charge is 0.139 e. The van der Waals surface area contributed by atoms with Gasteiger partial charge in [0.05, 0.1) is 0 Å². The Hall–Kier alpha value is -0.400. The van der Waals surface area contributed by atoms with Crippen molar-refractivity contribution < 1.29 is 9.50 Å². The Labute approximate surface area is 107 Å². The quantitative estimate of drug-likeness (QED) is 0.512. The first-order chi connectivity index (χ1) is 7.66. The predicted molar refractivity (Wildman–Crippen MR) is 74.2 cm³/mol. The highest BCUT2D eigenvalue weighted by Crippen LogP contribution is 2.37. The molecule has 0 aromatic carbocycles. The van der Waals surface area contributed by atoms with E-state index < -0.39 is 0 Å². The van der Waals surface area contributed by atoms with Crippen molar-refractivity contribution in [2.75, 3.05) is 0 Å². The lowest BCUT2D eigenvalue weighted by Crippen LogP contribution is -2.31. The van der Waals surface area contributed by atoms with Crippen LogP contribution in [0.2, 0.25) is 0 Å². The van der Waals surface area contributed by atoms with E-state index in [0.29, 0.717) is 5.78 Å². The van der Waals surface area contributed by atoms with Crippen LogP contribution >= 0.6 is 0 Å². The second-order valence-corrected chi connectivity index (χ2v) is 5.06. The van der Waals surface area contributed by atoms with Gasteiger partial charge in [-0.15, -0.1) is 0 Å². The Morgan fingerprint density at radius 1 is 0.824 bits per heavy atom. The molecule has 2 heteroatoms. The minimum absolute atomic E-state index is 0. The number of halogens is 1. The summed E-state index contributed by atoms with van der Waals surface area (Å²) in [6.45, 7) is 8.77. The van der Waals surface area contributed by atoms with Crippen molar-refractivity contribution in [2.45, 2.75) is 85.5 Å². The van der Waals surface area contributed by atoms with E-state index in [-0.39, 0.29) is 10.1 Å². The van der Waals surface area contributed by atoms with Crippen molar-refractivity contribution in [3.63, 3.8) is 0 Å². The monoisotopic (exact) mass is 246 g/mol. The number of rotatable bonds is 10. The lowest BCUT2D eigenvalue weighted by atomic mass is 9.71. The number of hydrogen-bond donors (Lipinski definition) is 0. The molecule has 0 aliphatic rings. The summed E-state index contributed by atoms with van der Waals surface area (Å²) in [5, 5.41) is 0. The summed E-state index contributed by atoms with van der Waals surface area (Å²) in [4.78, 5) is 12.4. The first-order valence-electron chi connectivity index (χ1n) is 7.20. The fourth-order valence-corrected chi connectivity index (χ4v) is 2.83. The molecule has 0 radical (unpaired) electrons. The van der Waals surface area contributed by atoms with Crippen molar-refractivity contribution in [1.82, 2.24) is 0 Å². The van der Waals surface area contributed by atoms with Gasteiger partial charge >= 0.3 is 0 Å². The number of carbonyl (C=O) groups is 1. The Morgan fingerprint density at radius 3 is 1.53 bits per heavy atom. The molecule has 0 saturated heterocycles. The van der Waals surface area contributed by atoms with E-state index >= 15 is 0 Å². The van der Waals surface area contributed by atoms with Gasteiger partial charge in [-0.05, 0) is 25.7 Å². The van der Waals surface area contributed by atoms with Crippen molar-refractivity contribution in [3.8, 4) is 0 Å². The van der Waals surface area contributed by atoms with Gasteiger partial charge in [0.1, 0.15) is 5.78 Å². The van der Waals surface area contributed by atoms with Gasteiger partial charge in [-0.3, -0.25) is 9.50 Å². The SMILES string of the molecule is CCCCC(=O)C(CCC)(CCC)CCC.F. The Bertz CT molecular complexity index is 172. The van der Waals surface area contributed by atoms with Crippen molar-refractivity contribution in [1.29, 1.82) is 0 Å². The van der Waals surface area contributed by atoms with Crippen LogP contribution in [0.1, 0.15) is 85.5 Å². The third kappa shape index (κ3) is 6.18. The molecule has 0 rings (SSSR count). The molecule has 0 heterocycles. The highest BCUT2D eigenvalue weighted by atomic mass is 19.0. The van der Waals surface area contributed by atoms with E-state index in [1.54, 1.807) is 0 Å². The van der Waals surface area contributed by atoms with Crippen LogP contribution in [0.25, 0.3) is 0 Å². The molecule has 17 heavy (non-hydrogen) atoms. The van der Waals surface area contributed by atoms with Gasteiger partial charge in [0.25, 0.3) is 0 Å². The average molecular weight is 246 g/mol. The van der Waals surface area contributed by atoms with Crippen LogP contribution in [0.4, 0.5) is 4.70 Å². The van der Waals surface area contributed by atoms with Gasteiger partial charge in [-0.1, -0.05) is 53.4 Å². The molecule has 0 aromatic heterocycles. The van der Waals surface area contributed by atoms with Crippen molar-refractivity contribution in [3.05, 3.63) is 0 Å². The average Bonchev–Trinajstić information content (AvgIpc) is 2.26. The van der Waals surface area contributed by atoms with Gasteiger partial charge in [-0.2, -0.15) is 0 Å². The lowest BCUT2D eigenvalue weighted by Gasteiger charge is -2.32. The highest BCUT2D eigenvalue weighted by molar-refractivity contribution is 5.84. The number of unbranched alkanes of at least 4 members (excludes halogenated alkanes) is 1. The first kappa shape index (κ1) is 19.0. The van der Waals surface area contributed by atoms with E-state index in [1.165, 1.54) is 0 Å². The zero-order valence-corrected chi connectivity index (χ0v) is 12.2. The summed E-state index contributed by atoms with van der Waals surface area (Å²) in [6.07, 6.45) is 9.69. The first-order valence-corrected chi connectivity index (χ1v) is 7.20. The van der Waals surface area contributed by atoms with E-state index in [0.717, 1.165) is 57.8 Å². The predicted octanol–water partition coefficient (Wildman–Crippen LogP) is 5.28. The van der Waals surface area contributed by atoms with E-state index in [2.05, 4.69) is 27.7 Å². The zero-order chi connectivity index (χ0) is 12.4. The molecule has 0 aliphatic heterocycles. The largest absolute Gasteiger partial charge is 0.299 e. The maximum absolute atomic E-state index is 12.4. The van der Waals surface area contributed by atoms with Gasteiger partial charge in [0.15, 0.2) is 0 Å². The molecule has 0 amide bonds. The maximum atomic E-state index is 12.4. The lowest BCUT2D eigenvalue weighted by molar-refractivity contribution is -0.130. The van der Waals surface area contributed by atoms with Gasteiger partial charge in [-0.25, -0.2) is 0 Å². The summed E-state index contributed by atoms with van der Waals surface area (Å²) in [6, 6.07) is 0. The molecule has 0 atom stereocenters.